The van der Waals surface area contributed by atoms with Gasteiger partial charge in [0, 0.05) is 12.0 Å². The average Bonchev–Trinajstić information content (AvgIpc) is 2.39. The highest BCUT2D eigenvalue weighted by Gasteiger charge is 2.23. The van der Waals surface area contributed by atoms with Gasteiger partial charge in [-0.3, -0.25) is 4.79 Å². The second kappa shape index (κ2) is 6.29. The van der Waals surface area contributed by atoms with E-state index in [0.717, 1.165) is 18.7 Å². The molecule has 2 nitrogen and oxygen atoms in total. The van der Waals surface area contributed by atoms with E-state index in [9.17, 15) is 9.18 Å². The molecule has 0 amide bonds. The molecule has 0 radical (unpaired) electrons. The molecule has 0 bridgehead atoms. The zero-order valence-electron chi connectivity index (χ0n) is 11.7. The van der Waals surface area contributed by atoms with Gasteiger partial charge in [-0.2, -0.15) is 0 Å². The van der Waals surface area contributed by atoms with Crippen LogP contribution in [0.3, 0.4) is 0 Å². The number of carbonyl (C=O) groups is 1. The van der Waals surface area contributed by atoms with Crippen LogP contribution in [0.1, 0.15) is 42.1 Å². The highest BCUT2D eigenvalue weighted by Crippen LogP contribution is 2.24. The first kappa shape index (κ1) is 14.2. The first-order valence-corrected chi connectivity index (χ1v) is 7.08. The van der Waals surface area contributed by atoms with Crippen molar-refractivity contribution in [3.63, 3.8) is 0 Å². The summed E-state index contributed by atoms with van der Waals surface area (Å²) in [7, 11) is 0. The van der Waals surface area contributed by atoms with Crippen molar-refractivity contribution in [1.82, 2.24) is 5.32 Å². The van der Waals surface area contributed by atoms with Gasteiger partial charge >= 0.3 is 0 Å². The standard InChI is InChI=1S/C16H22FNO/c1-11(13-4-3-7-18-10-13)9-16(19)15-6-5-14(17)8-12(15)2/h5-6,8,11,13,18H,3-4,7,9-10H2,1-2H3. The number of Topliss-reactive ketones (excluding diaryl/α,β-unsaturated/α-hetero) is 1. The lowest BCUT2D eigenvalue weighted by molar-refractivity contribution is 0.0942. The number of hydrogen-bond acceptors (Lipinski definition) is 2. The molecule has 1 heterocycles. The molecule has 1 aliphatic rings. The van der Waals surface area contributed by atoms with Crippen LogP contribution in [-0.4, -0.2) is 18.9 Å². The van der Waals surface area contributed by atoms with Crippen LogP contribution in [0.15, 0.2) is 18.2 Å². The highest BCUT2D eigenvalue weighted by atomic mass is 19.1. The van der Waals surface area contributed by atoms with Crippen molar-refractivity contribution in [2.24, 2.45) is 11.8 Å². The van der Waals surface area contributed by atoms with Crippen LogP contribution in [0, 0.1) is 24.6 Å². The van der Waals surface area contributed by atoms with Gasteiger partial charge in [0.2, 0.25) is 0 Å². The van der Waals surface area contributed by atoms with E-state index >= 15 is 0 Å². The molecule has 19 heavy (non-hydrogen) atoms. The fourth-order valence-electron chi connectivity index (χ4n) is 2.87. The summed E-state index contributed by atoms with van der Waals surface area (Å²) in [6.07, 6.45) is 2.95. The largest absolute Gasteiger partial charge is 0.316 e. The number of hydrogen-bond donors (Lipinski definition) is 1. The van der Waals surface area contributed by atoms with Crippen LogP contribution in [0.4, 0.5) is 4.39 Å². The monoisotopic (exact) mass is 263 g/mol. The van der Waals surface area contributed by atoms with Crippen LogP contribution in [0.2, 0.25) is 0 Å². The Balaban J connectivity index is 1.99. The minimum absolute atomic E-state index is 0.135. The Hall–Kier alpha value is -1.22. The van der Waals surface area contributed by atoms with Crippen LogP contribution >= 0.6 is 0 Å². The summed E-state index contributed by atoms with van der Waals surface area (Å²) in [5, 5.41) is 3.39. The number of benzene rings is 1. The van der Waals surface area contributed by atoms with Crippen LogP contribution < -0.4 is 5.32 Å². The molecule has 3 heteroatoms. The maximum Gasteiger partial charge on any atom is 0.163 e. The lowest BCUT2D eigenvalue weighted by atomic mass is 9.83. The molecule has 104 valence electrons. The number of ketones is 1. The van der Waals surface area contributed by atoms with Gasteiger partial charge in [0.25, 0.3) is 0 Å². The van der Waals surface area contributed by atoms with Gasteiger partial charge < -0.3 is 5.32 Å². The molecule has 1 fully saturated rings. The third-order valence-electron chi connectivity index (χ3n) is 4.14. The van der Waals surface area contributed by atoms with Crippen LogP contribution in [0.5, 0.6) is 0 Å². The maximum absolute atomic E-state index is 13.0. The van der Waals surface area contributed by atoms with E-state index in [0.29, 0.717) is 23.8 Å². The average molecular weight is 263 g/mol. The topological polar surface area (TPSA) is 29.1 Å². The van der Waals surface area contributed by atoms with Crippen LogP contribution in [-0.2, 0) is 0 Å². The van der Waals surface area contributed by atoms with Gasteiger partial charge in [0.05, 0.1) is 0 Å². The van der Waals surface area contributed by atoms with E-state index in [1.54, 1.807) is 13.0 Å². The van der Waals surface area contributed by atoms with Crippen molar-refractivity contribution >= 4 is 5.78 Å². The smallest absolute Gasteiger partial charge is 0.163 e. The third-order valence-corrected chi connectivity index (χ3v) is 4.14. The summed E-state index contributed by atoms with van der Waals surface area (Å²) in [5.41, 5.74) is 1.40. The first-order chi connectivity index (χ1) is 9.08. The van der Waals surface area contributed by atoms with Gasteiger partial charge in [0.1, 0.15) is 5.82 Å². The van der Waals surface area contributed by atoms with Crippen molar-refractivity contribution in [2.45, 2.75) is 33.1 Å². The number of halogens is 1. The summed E-state index contributed by atoms with van der Waals surface area (Å²) >= 11 is 0. The first-order valence-electron chi connectivity index (χ1n) is 7.08. The second-order valence-electron chi connectivity index (χ2n) is 5.67. The van der Waals surface area contributed by atoms with Crippen LogP contribution in [0.25, 0.3) is 0 Å². The van der Waals surface area contributed by atoms with Crippen molar-refractivity contribution < 1.29 is 9.18 Å². The van der Waals surface area contributed by atoms with E-state index in [-0.39, 0.29) is 11.6 Å². The van der Waals surface area contributed by atoms with E-state index in [1.807, 2.05) is 0 Å². The Labute approximate surface area is 114 Å². The van der Waals surface area contributed by atoms with E-state index < -0.39 is 0 Å². The quantitative estimate of drug-likeness (QED) is 0.844. The Morgan fingerprint density at radius 3 is 2.95 bits per heavy atom. The van der Waals surface area contributed by atoms with Crippen molar-refractivity contribution in [3.8, 4) is 0 Å². The molecule has 0 aromatic heterocycles. The number of piperidine rings is 1. The molecule has 2 atom stereocenters. The third kappa shape index (κ3) is 3.63. The maximum atomic E-state index is 13.0. The summed E-state index contributed by atoms with van der Waals surface area (Å²) < 4.78 is 13.0. The SMILES string of the molecule is Cc1cc(F)ccc1C(=O)CC(C)C1CCCNC1. The molecule has 2 unspecified atom stereocenters. The minimum atomic E-state index is -0.279. The van der Waals surface area contributed by atoms with E-state index in [4.69, 9.17) is 0 Å². The molecule has 1 aliphatic heterocycles. The van der Waals surface area contributed by atoms with Gasteiger partial charge in [0.15, 0.2) is 5.78 Å². The number of carbonyl (C=O) groups excluding carboxylic acids is 1. The molecular weight excluding hydrogens is 241 g/mol. The second-order valence-corrected chi connectivity index (χ2v) is 5.67. The normalized spacial score (nSPS) is 21.1. The number of rotatable bonds is 4. The Bertz CT molecular complexity index is 452. The molecule has 1 aromatic carbocycles. The molecule has 0 spiro atoms. The fraction of sp³-hybridized carbons (Fsp3) is 0.562. The van der Waals surface area contributed by atoms with Crippen molar-refractivity contribution in [3.05, 3.63) is 35.1 Å². The number of aryl methyl sites for hydroxylation is 1. The molecule has 0 aliphatic carbocycles. The molecule has 1 N–H and O–H groups in total. The summed E-state index contributed by atoms with van der Waals surface area (Å²) in [6, 6.07) is 4.41. The van der Waals surface area contributed by atoms with Gasteiger partial charge in [-0.25, -0.2) is 4.39 Å². The predicted octanol–water partition coefficient (Wildman–Crippen LogP) is 3.34. The van der Waals surface area contributed by atoms with Gasteiger partial charge in [-0.05, 0) is 68.5 Å². The highest BCUT2D eigenvalue weighted by molar-refractivity contribution is 5.97. The molecule has 2 rings (SSSR count). The fourth-order valence-corrected chi connectivity index (χ4v) is 2.87. The van der Waals surface area contributed by atoms with Crippen molar-refractivity contribution in [1.29, 1.82) is 0 Å². The Morgan fingerprint density at radius 2 is 2.32 bits per heavy atom. The number of nitrogens with one attached hydrogen (secondary N) is 1. The lowest BCUT2D eigenvalue weighted by Crippen LogP contribution is -2.34. The van der Waals surface area contributed by atoms with E-state index in [2.05, 4.69) is 12.2 Å². The molecule has 1 saturated heterocycles. The summed E-state index contributed by atoms with van der Waals surface area (Å²) in [5.74, 6) is 0.817. The lowest BCUT2D eigenvalue weighted by Gasteiger charge is -2.28. The zero-order valence-corrected chi connectivity index (χ0v) is 11.7. The Kier molecular flexibility index (Phi) is 4.70. The summed E-state index contributed by atoms with van der Waals surface area (Å²) in [6.45, 7) is 6.04. The molecular formula is C16H22FNO. The van der Waals surface area contributed by atoms with Crippen molar-refractivity contribution in [2.75, 3.05) is 13.1 Å². The predicted molar refractivity (Wildman–Crippen MR) is 74.8 cm³/mol. The zero-order chi connectivity index (χ0) is 13.8. The van der Waals surface area contributed by atoms with Gasteiger partial charge in [-0.15, -0.1) is 0 Å². The molecule has 1 aromatic rings. The minimum Gasteiger partial charge on any atom is -0.316 e. The Morgan fingerprint density at radius 1 is 1.53 bits per heavy atom. The summed E-state index contributed by atoms with van der Waals surface area (Å²) in [4.78, 5) is 12.3. The van der Waals surface area contributed by atoms with Gasteiger partial charge in [-0.1, -0.05) is 6.92 Å². The van der Waals surface area contributed by atoms with E-state index in [1.165, 1.54) is 25.0 Å². The molecule has 0 saturated carbocycles.